The van der Waals surface area contributed by atoms with Gasteiger partial charge in [-0.15, -0.1) is 11.8 Å². The number of hydrogen-bond donors (Lipinski definition) is 0. The maximum absolute atomic E-state index is 11.3. The van der Waals surface area contributed by atoms with Crippen LogP contribution in [0.25, 0.3) is 0 Å². The van der Waals surface area contributed by atoms with E-state index in [0.717, 1.165) is 19.3 Å². The van der Waals surface area contributed by atoms with E-state index in [2.05, 4.69) is 31.2 Å². The molecule has 1 aromatic carbocycles. The average Bonchev–Trinajstić information content (AvgIpc) is 3.23. The van der Waals surface area contributed by atoms with Crippen LogP contribution in [0, 0.1) is 11.8 Å². The molecule has 1 aromatic rings. The van der Waals surface area contributed by atoms with Gasteiger partial charge in [0.15, 0.2) is 0 Å². The van der Waals surface area contributed by atoms with Crippen molar-refractivity contribution in [1.82, 2.24) is 0 Å². The summed E-state index contributed by atoms with van der Waals surface area (Å²) in [5.74, 6) is 1.87. The summed E-state index contributed by atoms with van der Waals surface area (Å²) in [6.45, 7) is 2.20. The number of esters is 1. The molecular weight excluding hydrogens is 256 g/mol. The third-order valence-electron chi connectivity index (χ3n) is 3.63. The fourth-order valence-corrected chi connectivity index (χ4v) is 3.10. The van der Waals surface area contributed by atoms with Crippen LogP contribution in [0.2, 0.25) is 0 Å². The highest BCUT2D eigenvalue weighted by atomic mass is 32.2. The highest BCUT2D eigenvalue weighted by molar-refractivity contribution is 7.99. The van der Waals surface area contributed by atoms with E-state index in [4.69, 9.17) is 4.74 Å². The topological polar surface area (TPSA) is 26.3 Å². The molecular formula is C16H22O2S. The first-order valence-corrected chi connectivity index (χ1v) is 8.02. The number of thioether (sulfide) groups is 1. The van der Waals surface area contributed by atoms with Gasteiger partial charge in [0.25, 0.3) is 0 Å². The van der Waals surface area contributed by atoms with E-state index in [9.17, 15) is 4.79 Å². The zero-order valence-electron chi connectivity index (χ0n) is 11.7. The second-order valence-corrected chi connectivity index (χ2v) is 6.32. The summed E-state index contributed by atoms with van der Waals surface area (Å²) >= 11 is 1.91. The Morgan fingerprint density at radius 3 is 2.74 bits per heavy atom. The normalized spacial score (nSPS) is 21.2. The van der Waals surface area contributed by atoms with Gasteiger partial charge in [-0.1, -0.05) is 19.1 Å². The number of hydrogen-bond acceptors (Lipinski definition) is 3. The molecule has 2 rings (SSSR count). The molecule has 0 spiro atoms. The summed E-state index contributed by atoms with van der Waals surface area (Å²) in [6, 6.07) is 8.85. The molecule has 0 bridgehead atoms. The minimum absolute atomic E-state index is 0.0312. The minimum atomic E-state index is -0.0312. The van der Waals surface area contributed by atoms with Gasteiger partial charge in [0, 0.05) is 4.90 Å². The molecule has 1 aliphatic carbocycles. The van der Waals surface area contributed by atoms with Crippen LogP contribution in [-0.2, 0) is 16.0 Å². The van der Waals surface area contributed by atoms with Gasteiger partial charge >= 0.3 is 5.97 Å². The smallest absolute Gasteiger partial charge is 0.308 e. The number of ether oxygens (including phenoxy) is 1. The Kier molecular flexibility index (Phi) is 5.32. The van der Waals surface area contributed by atoms with E-state index in [-0.39, 0.29) is 11.9 Å². The first kappa shape index (κ1) is 14.4. The van der Waals surface area contributed by atoms with Crippen molar-refractivity contribution in [3.05, 3.63) is 29.8 Å². The van der Waals surface area contributed by atoms with Crippen LogP contribution in [0.3, 0.4) is 0 Å². The van der Waals surface area contributed by atoms with Gasteiger partial charge in [-0.25, -0.2) is 0 Å². The minimum Gasteiger partial charge on any atom is -0.469 e. The molecule has 19 heavy (non-hydrogen) atoms. The van der Waals surface area contributed by atoms with Crippen molar-refractivity contribution in [2.24, 2.45) is 11.8 Å². The third kappa shape index (κ3) is 4.27. The largest absolute Gasteiger partial charge is 0.469 e. The molecule has 1 saturated carbocycles. The lowest BCUT2D eigenvalue weighted by Gasteiger charge is -2.04. The van der Waals surface area contributed by atoms with Gasteiger partial charge in [0.05, 0.1) is 13.0 Å². The maximum atomic E-state index is 11.3. The standard InChI is InChI=1S/C16H22O2S/c1-3-10-19-14-8-5-12(6-9-14)4-7-13-11-15(13)16(17)18-2/h5-6,8-9,13,15H,3-4,7,10-11H2,1-2H3. The molecule has 0 aromatic heterocycles. The number of carbonyl (C=O) groups excluding carboxylic acids is 1. The number of rotatable bonds is 7. The maximum Gasteiger partial charge on any atom is 0.308 e. The van der Waals surface area contributed by atoms with Gasteiger partial charge in [0.1, 0.15) is 0 Å². The molecule has 104 valence electrons. The van der Waals surface area contributed by atoms with E-state index < -0.39 is 0 Å². The molecule has 0 aliphatic heterocycles. The van der Waals surface area contributed by atoms with Crippen LogP contribution in [0.15, 0.2) is 29.2 Å². The molecule has 2 nitrogen and oxygen atoms in total. The highest BCUT2D eigenvalue weighted by Crippen LogP contribution is 2.42. The lowest BCUT2D eigenvalue weighted by molar-refractivity contribution is -0.142. The summed E-state index contributed by atoms with van der Waals surface area (Å²) < 4.78 is 4.77. The molecule has 1 fully saturated rings. The van der Waals surface area contributed by atoms with Crippen molar-refractivity contribution in [1.29, 1.82) is 0 Å². The highest BCUT2D eigenvalue weighted by Gasteiger charge is 2.43. The molecule has 0 amide bonds. The Morgan fingerprint density at radius 1 is 1.37 bits per heavy atom. The Labute approximate surface area is 119 Å². The fourth-order valence-electron chi connectivity index (χ4n) is 2.33. The predicted octanol–water partition coefficient (Wildman–Crippen LogP) is 3.93. The zero-order chi connectivity index (χ0) is 13.7. The van der Waals surface area contributed by atoms with Crippen molar-refractivity contribution in [2.45, 2.75) is 37.5 Å². The lowest BCUT2D eigenvalue weighted by atomic mass is 10.1. The van der Waals surface area contributed by atoms with Crippen molar-refractivity contribution >= 4 is 17.7 Å². The zero-order valence-corrected chi connectivity index (χ0v) is 12.5. The third-order valence-corrected chi connectivity index (χ3v) is 4.84. The van der Waals surface area contributed by atoms with Crippen molar-refractivity contribution in [2.75, 3.05) is 12.9 Å². The number of carbonyl (C=O) groups is 1. The average molecular weight is 278 g/mol. The monoisotopic (exact) mass is 278 g/mol. The van der Waals surface area contributed by atoms with Gasteiger partial charge < -0.3 is 4.74 Å². The van der Waals surface area contributed by atoms with E-state index in [0.29, 0.717) is 5.92 Å². The van der Waals surface area contributed by atoms with E-state index >= 15 is 0 Å². The van der Waals surface area contributed by atoms with Crippen LogP contribution >= 0.6 is 11.8 Å². The summed E-state index contributed by atoms with van der Waals surface area (Å²) in [5.41, 5.74) is 1.37. The number of aryl methyl sites for hydroxylation is 1. The summed E-state index contributed by atoms with van der Waals surface area (Å²) in [5, 5.41) is 0. The van der Waals surface area contributed by atoms with Crippen molar-refractivity contribution in [3.8, 4) is 0 Å². The van der Waals surface area contributed by atoms with Crippen LogP contribution < -0.4 is 0 Å². The Balaban J connectivity index is 1.73. The van der Waals surface area contributed by atoms with E-state index in [1.54, 1.807) is 0 Å². The Hall–Kier alpha value is -0.960. The molecule has 2 unspecified atom stereocenters. The van der Waals surface area contributed by atoms with E-state index in [1.165, 1.54) is 29.7 Å². The van der Waals surface area contributed by atoms with Gasteiger partial charge in [-0.2, -0.15) is 0 Å². The first-order chi connectivity index (χ1) is 9.24. The quantitative estimate of drug-likeness (QED) is 0.558. The number of methoxy groups -OCH3 is 1. The second kappa shape index (κ2) is 6.99. The molecule has 3 heteroatoms. The van der Waals surface area contributed by atoms with Crippen LogP contribution in [0.5, 0.6) is 0 Å². The van der Waals surface area contributed by atoms with Crippen LogP contribution in [-0.4, -0.2) is 18.8 Å². The lowest BCUT2D eigenvalue weighted by Crippen LogP contribution is -2.04. The fraction of sp³-hybridized carbons (Fsp3) is 0.562. The molecule has 0 radical (unpaired) electrons. The molecule has 1 aliphatic rings. The van der Waals surface area contributed by atoms with Crippen LogP contribution in [0.1, 0.15) is 31.7 Å². The molecule has 0 N–H and O–H groups in total. The van der Waals surface area contributed by atoms with Crippen molar-refractivity contribution < 1.29 is 9.53 Å². The van der Waals surface area contributed by atoms with Gasteiger partial charge in [-0.3, -0.25) is 4.79 Å². The Morgan fingerprint density at radius 2 is 2.11 bits per heavy atom. The summed E-state index contributed by atoms with van der Waals surface area (Å²) in [7, 11) is 1.48. The summed E-state index contributed by atoms with van der Waals surface area (Å²) in [4.78, 5) is 12.7. The molecule has 0 heterocycles. The Bertz CT molecular complexity index is 413. The predicted molar refractivity (Wildman–Crippen MR) is 79.4 cm³/mol. The molecule has 2 atom stereocenters. The van der Waals surface area contributed by atoms with Crippen molar-refractivity contribution in [3.63, 3.8) is 0 Å². The molecule has 0 saturated heterocycles. The second-order valence-electron chi connectivity index (χ2n) is 5.16. The van der Waals surface area contributed by atoms with Gasteiger partial charge in [0.2, 0.25) is 0 Å². The van der Waals surface area contributed by atoms with Crippen LogP contribution in [0.4, 0.5) is 0 Å². The summed E-state index contributed by atoms with van der Waals surface area (Å²) in [6.07, 6.45) is 4.39. The first-order valence-electron chi connectivity index (χ1n) is 7.04. The van der Waals surface area contributed by atoms with E-state index in [1.807, 2.05) is 11.8 Å². The SMILES string of the molecule is CCCSc1ccc(CCC2CC2C(=O)OC)cc1. The number of benzene rings is 1. The van der Waals surface area contributed by atoms with Gasteiger partial charge in [-0.05, 0) is 55.1 Å².